The van der Waals surface area contributed by atoms with Gasteiger partial charge in [0.2, 0.25) is 5.91 Å². The molecule has 1 aliphatic rings. The summed E-state index contributed by atoms with van der Waals surface area (Å²) in [7, 11) is 0. The number of benzene rings is 1. The van der Waals surface area contributed by atoms with Crippen LogP contribution in [0.15, 0.2) is 24.3 Å². The molecule has 0 radical (unpaired) electrons. The fourth-order valence-electron chi connectivity index (χ4n) is 2.35. The van der Waals surface area contributed by atoms with E-state index in [0.717, 1.165) is 12.1 Å². The Morgan fingerprint density at radius 2 is 2.21 bits per heavy atom. The van der Waals surface area contributed by atoms with Crippen molar-refractivity contribution in [2.45, 2.75) is 26.3 Å². The molecule has 1 heterocycles. The zero-order chi connectivity index (χ0) is 13.8. The first-order chi connectivity index (χ1) is 9.11. The summed E-state index contributed by atoms with van der Waals surface area (Å²) in [6, 6.07) is 7.91. The highest BCUT2D eigenvalue weighted by Crippen LogP contribution is 2.24. The predicted octanol–water partition coefficient (Wildman–Crippen LogP) is 1.40. The number of amides is 1. The van der Waals surface area contributed by atoms with Crippen molar-refractivity contribution in [1.29, 1.82) is 0 Å². The molecule has 0 saturated carbocycles. The Morgan fingerprint density at radius 1 is 1.47 bits per heavy atom. The normalized spacial score (nSPS) is 19.5. The Morgan fingerprint density at radius 3 is 2.89 bits per heavy atom. The smallest absolute Gasteiger partial charge is 0.225 e. The molecule has 1 aromatic carbocycles. The van der Waals surface area contributed by atoms with Gasteiger partial charge in [0.15, 0.2) is 0 Å². The predicted molar refractivity (Wildman–Crippen MR) is 76.0 cm³/mol. The van der Waals surface area contributed by atoms with Gasteiger partial charge in [0.25, 0.3) is 0 Å². The highest BCUT2D eigenvalue weighted by atomic mass is 16.3. The number of anilines is 1. The molecule has 4 nitrogen and oxygen atoms in total. The van der Waals surface area contributed by atoms with Crippen LogP contribution in [0.4, 0.5) is 5.69 Å². The van der Waals surface area contributed by atoms with E-state index in [4.69, 9.17) is 0 Å². The third kappa shape index (κ3) is 3.26. The zero-order valence-electron chi connectivity index (χ0n) is 11.5. The third-order valence-corrected chi connectivity index (χ3v) is 3.72. The second kappa shape index (κ2) is 6.06. The number of fused-ring (bicyclic) bond motifs is 1. The minimum atomic E-state index is -0.162. The number of carbonyl (C=O) groups excluding carboxylic acids is 1. The quantitative estimate of drug-likeness (QED) is 0.768. The van der Waals surface area contributed by atoms with Crippen molar-refractivity contribution in [2.24, 2.45) is 11.8 Å². The van der Waals surface area contributed by atoms with Crippen LogP contribution in [0.1, 0.15) is 19.4 Å². The second-order valence-corrected chi connectivity index (χ2v) is 5.48. The summed E-state index contributed by atoms with van der Waals surface area (Å²) in [6.45, 7) is 4.63. The summed E-state index contributed by atoms with van der Waals surface area (Å²) < 4.78 is 0. The number of para-hydroxylation sites is 1. The number of nitrogens with one attached hydrogen (secondary N) is 2. The summed E-state index contributed by atoms with van der Waals surface area (Å²) in [5.74, 6) is 0.190. The van der Waals surface area contributed by atoms with E-state index in [0.29, 0.717) is 6.54 Å². The van der Waals surface area contributed by atoms with E-state index in [9.17, 15) is 9.90 Å². The standard InChI is InChI=1S/C15H22N2O2/c1-10(2)14(9-18)17-15(19)12-7-11-5-3-4-6-13(11)16-8-12/h3-6,10,12,14,16,18H,7-9H2,1-2H3,(H,17,19)/t12?,14-/m1/s1. The molecule has 19 heavy (non-hydrogen) atoms. The fraction of sp³-hybridized carbons (Fsp3) is 0.533. The van der Waals surface area contributed by atoms with Gasteiger partial charge < -0.3 is 15.7 Å². The lowest BCUT2D eigenvalue weighted by molar-refractivity contribution is -0.126. The first-order valence-electron chi connectivity index (χ1n) is 6.84. The molecule has 1 aliphatic heterocycles. The van der Waals surface area contributed by atoms with Gasteiger partial charge in [-0.05, 0) is 24.0 Å². The van der Waals surface area contributed by atoms with Crippen LogP contribution in [0.2, 0.25) is 0 Å². The highest BCUT2D eigenvalue weighted by Gasteiger charge is 2.26. The molecule has 0 fully saturated rings. The van der Waals surface area contributed by atoms with Crippen LogP contribution in [-0.2, 0) is 11.2 Å². The van der Waals surface area contributed by atoms with E-state index in [1.54, 1.807) is 0 Å². The Labute approximate surface area is 114 Å². The van der Waals surface area contributed by atoms with Gasteiger partial charge in [-0.25, -0.2) is 0 Å². The van der Waals surface area contributed by atoms with Crippen LogP contribution < -0.4 is 10.6 Å². The maximum atomic E-state index is 12.2. The van der Waals surface area contributed by atoms with E-state index in [2.05, 4.69) is 10.6 Å². The highest BCUT2D eigenvalue weighted by molar-refractivity contribution is 5.81. The van der Waals surface area contributed by atoms with Gasteiger partial charge in [-0.1, -0.05) is 32.0 Å². The summed E-state index contributed by atoms with van der Waals surface area (Å²) in [5, 5.41) is 15.5. The Hall–Kier alpha value is -1.55. The lowest BCUT2D eigenvalue weighted by Gasteiger charge is -2.28. The van der Waals surface area contributed by atoms with Crippen molar-refractivity contribution in [3.8, 4) is 0 Å². The van der Waals surface area contributed by atoms with Crippen molar-refractivity contribution in [1.82, 2.24) is 5.32 Å². The Kier molecular flexibility index (Phi) is 4.43. The minimum absolute atomic E-state index is 0.0137. The van der Waals surface area contributed by atoms with Gasteiger partial charge in [-0.15, -0.1) is 0 Å². The summed E-state index contributed by atoms with van der Waals surface area (Å²) in [6.07, 6.45) is 0.755. The molecule has 1 unspecified atom stereocenters. The van der Waals surface area contributed by atoms with Crippen molar-refractivity contribution < 1.29 is 9.90 Å². The Balaban J connectivity index is 1.99. The van der Waals surface area contributed by atoms with Crippen LogP contribution in [-0.4, -0.2) is 30.2 Å². The molecule has 1 aromatic rings. The maximum absolute atomic E-state index is 12.2. The van der Waals surface area contributed by atoms with Crippen LogP contribution in [0, 0.1) is 11.8 Å². The summed E-state index contributed by atoms with van der Waals surface area (Å²) in [5.41, 5.74) is 2.30. The monoisotopic (exact) mass is 262 g/mol. The largest absolute Gasteiger partial charge is 0.394 e. The average molecular weight is 262 g/mol. The molecule has 0 saturated heterocycles. The molecule has 0 aliphatic carbocycles. The van der Waals surface area contributed by atoms with E-state index in [1.165, 1.54) is 5.56 Å². The maximum Gasteiger partial charge on any atom is 0.225 e. The van der Waals surface area contributed by atoms with Gasteiger partial charge in [0.05, 0.1) is 18.6 Å². The number of rotatable bonds is 4. The van der Waals surface area contributed by atoms with E-state index < -0.39 is 0 Å². The van der Waals surface area contributed by atoms with Crippen LogP contribution in [0.25, 0.3) is 0 Å². The summed E-state index contributed by atoms with van der Waals surface area (Å²) in [4.78, 5) is 12.2. The Bertz CT molecular complexity index is 446. The number of aliphatic hydroxyl groups is 1. The topological polar surface area (TPSA) is 61.4 Å². The SMILES string of the molecule is CC(C)[C@@H](CO)NC(=O)C1CNc2ccccc2C1. The van der Waals surface area contributed by atoms with Crippen molar-refractivity contribution >= 4 is 11.6 Å². The van der Waals surface area contributed by atoms with Gasteiger partial charge in [0, 0.05) is 12.2 Å². The second-order valence-electron chi connectivity index (χ2n) is 5.48. The van der Waals surface area contributed by atoms with E-state index >= 15 is 0 Å². The van der Waals surface area contributed by atoms with Gasteiger partial charge >= 0.3 is 0 Å². The lowest BCUT2D eigenvalue weighted by atomic mass is 9.92. The number of hydrogen-bond donors (Lipinski definition) is 3. The van der Waals surface area contributed by atoms with Gasteiger partial charge in [-0.2, -0.15) is 0 Å². The molecule has 2 atom stereocenters. The molecule has 3 N–H and O–H groups in total. The minimum Gasteiger partial charge on any atom is -0.394 e. The van der Waals surface area contributed by atoms with Crippen LogP contribution in [0.5, 0.6) is 0 Å². The van der Waals surface area contributed by atoms with Crippen LogP contribution >= 0.6 is 0 Å². The molecule has 104 valence electrons. The van der Waals surface area contributed by atoms with E-state index in [-0.39, 0.29) is 30.4 Å². The molecule has 1 amide bonds. The van der Waals surface area contributed by atoms with Crippen molar-refractivity contribution in [3.05, 3.63) is 29.8 Å². The number of aliphatic hydroxyl groups excluding tert-OH is 1. The molecule has 0 aromatic heterocycles. The van der Waals surface area contributed by atoms with Gasteiger partial charge in [-0.3, -0.25) is 4.79 Å². The number of carbonyl (C=O) groups is 1. The molecular formula is C15H22N2O2. The zero-order valence-corrected chi connectivity index (χ0v) is 11.5. The average Bonchev–Trinajstić information content (AvgIpc) is 2.43. The first-order valence-corrected chi connectivity index (χ1v) is 6.84. The van der Waals surface area contributed by atoms with Crippen molar-refractivity contribution in [3.63, 3.8) is 0 Å². The van der Waals surface area contributed by atoms with Crippen LogP contribution in [0.3, 0.4) is 0 Å². The number of hydrogen-bond acceptors (Lipinski definition) is 3. The summed E-state index contributed by atoms with van der Waals surface area (Å²) >= 11 is 0. The molecular weight excluding hydrogens is 240 g/mol. The fourth-order valence-corrected chi connectivity index (χ4v) is 2.35. The van der Waals surface area contributed by atoms with E-state index in [1.807, 2.05) is 38.1 Å². The molecule has 0 bridgehead atoms. The molecule has 2 rings (SSSR count). The van der Waals surface area contributed by atoms with Gasteiger partial charge in [0.1, 0.15) is 0 Å². The molecule has 0 spiro atoms. The third-order valence-electron chi connectivity index (χ3n) is 3.72. The molecule has 4 heteroatoms. The lowest BCUT2D eigenvalue weighted by Crippen LogP contribution is -2.46. The first kappa shape index (κ1) is 13.9. The van der Waals surface area contributed by atoms with Crippen molar-refractivity contribution in [2.75, 3.05) is 18.5 Å².